The zero-order valence-electron chi connectivity index (χ0n) is 13.2. The molecule has 0 amide bonds. The normalized spacial score (nSPS) is 22.0. The Kier molecular flexibility index (Phi) is 3.69. The molecule has 2 saturated heterocycles. The number of hydrogen-bond acceptors (Lipinski definition) is 3. The van der Waals surface area contributed by atoms with Crippen molar-refractivity contribution in [3.63, 3.8) is 0 Å². The number of hydrogen-bond donors (Lipinski definition) is 0. The van der Waals surface area contributed by atoms with Crippen LogP contribution in [0, 0.1) is 11.8 Å². The first-order valence-electron chi connectivity index (χ1n) is 7.99. The maximum absolute atomic E-state index is 6.02. The zero-order valence-corrected chi connectivity index (χ0v) is 13.2. The van der Waals surface area contributed by atoms with Gasteiger partial charge < -0.3 is 9.47 Å². The summed E-state index contributed by atoms with van der Waals surface area (Å²) < 4.78 is 11.2. The minimum atomic E-state index is 0.375. The van der Waals surface area contributed by atoms with Gasteiger partial charge in [-0.3, -0.25) is 4.90 Å². The maximum atomic E-state index is 6.02. The fourth-order valence-electron chi connectivity index (χ4n) is 3.05. The molecule has 2 aliphatic rings. The van der Waals surface area contributed by atoms with Gasteiger partial charge in [0.2, 0.25) is 0 Å². The molecular weight excluding hydrogens is 286 g/mol. The van der Waals surface area contributed by atoms with E-state index in [1.807, 2.05) is 48.5 Å². The van der Waals surface area contributed by atoms with Gasteiger partial charge in [-0.2, -0.15) is 0 Å². The standard InChI is InChI=1S/C20H19NO2/c1-22-17-8-4-15(5-9-17)2-3-16-6-10-18(11-7-16)23-20-14-21-13-12-19(20)21/h4-11,19-20H,12-14H2,1H3. The van der Waals surface area contributed by atoms with Crippen LogP contribution >= 0.6 is 0 Å². The molecule has 116 valence electrons. The molecule has 0 radical (unpaired) electrons. The lowest BCUT2D eigenvalue weighted by atomic mass is 9.87. The molecule has 2 fully saturated rings. The third-order valence-electron chi connectivity index (χ3n) is 4.61. The van der Waals surface area contributed by atoms with E-state index in [1.165, 1.54) is 13.0 Å². The van der Waals surface area contributed by atoms with Crippen molar-refractivity contribution >= 4 is 0 Å². The third-order valence-corrected chi connectivity index (χ3v) is 4.61. The average Bonchev–Trinajstić information content (AvgIpc) is 2.58. The number of fused-ring (bicyclic) bond motifs is 1. The predicted octanol–water partition coefficient (Wildman–Crippen LogP) is 2.93. The van der Waals surface area contributed by atoms with E-state index in [-0.39, 0.29) is 0 Å². The van der Waals surface area contributed by atoms with Crippen LogP contribution in [0.5, 0.6) is 11.5 Å². The van der Waals surface area contributed by atoms with Crippen LogP contribution < -0.4 is 9.47 Å². The molecular formula is C20H19NO2. The third kappa shape index (κ3) is 2.91. The van der Waals surface area contributed by atoms with Gasteiger partial charge in [0.15, 0.2) is 0 Å². The summed E-state index contributed by atoms with van der Waals surface area (Å²) in [4.78, 5) is 2.46. The van der Waals surface area contributed by atoms with E-state index in [0.717, 1.165) is 29.2 Å². The SMILES string of the molecule is COc1ccc(C#Cc2ccc(OC3CN4CCC34)cc2)cc1. The lowest BCUT2D eigenvalue weighted by Crippen LogP contribution is -2.69. The Morgan fingerprint density at radius 1 is 0.913 bits per heavy atom. The fourth-order valence-corrected chi connectivity index (χ4v) is 3.05. The van der Waals surface area contributed by atoms with Crippen LogP contribution in [-0.2, 0) is 0 Å². The Balaban J connectivity index is 1.39. The van der Waals surface area contributed by atoms with E-state index in [4.69, 9.17) is 9.47 Å². The first-order valence-corrected chi connectivity index (χ1v) is 7.99. The Labute approximate surface area is 136 Å². The van der Waals surface area contributed by atoms with Crippen molar-refractivity contribution < 1.29 is 9.47 Å². The van der Waals surface area contributed by atoms with Gasteiger partial charge in [0.1, 0.15) is 17.6 Å². The van der Waals surface area contributed by atoms with Crippen LogP contribution in [0.15, 0.2) is 48.5 Å². The molecule has 0 bridgehead atoms. The second-order valence-corrected chi connectivity index (χ2v) is 6.01. The smallest absolute Gasteiger partial charge is 0.127 e. The quantitative estimate of drug-likeness (QED) is 0.814. The molecule has 2 atom stereocenters. The first kappa shape index (κ1) is 14.2. The molecule has 0 N–H and O–H groups in total. The van der Waals surface area contributed by atoms with E-state index >= 15 is 0 Å². The molecule has 0 saturated carbocycles. The molecule has 3 nitrogen and oxygen atoms in total. The number of piperidine rings is 1. The lowest BCUT2D eigenvalue weighted by molar-refractivity contribution is -0.107. The Morgan fingerprint density at radius 3 is 1.96 bits per heavy atom. The first-order chi connectivity index (χ1) is 11.3. The molecule has 3 heteroatoms. The Morgan fingerprint density at radius 2 is 1.52 bits per heavy atom. The lowest BCUT2D eigenvalue weighted by Gasteiger charge is -2.55. The molecule has 2 heterocycles. The van der Waals surface area contributed by atoms with Crippen molar-refractivity contribution in [2.75, 3.05) is 20.2 Å². The molecule has 4 rings (SSSR count). The minimum Gasteiger partial charge on any atom is -0.497 e. The number of rotatable bonds is 3. The van der Waals surface area contributed by atoms with Crippen molar-refractivity contribution in [1.82, 2.24) is 4.90 Å². The van der Waals surface area contributed by atoms with Gasteiger partial charge in [0, 0.05) is 30.3 Å². The monoisotopic (exact) mass is 305 g/mol. The van der Waals surface area contributed by atoms with E-state index in [9.17, 15) is 0 Å². The van der Waals surface area contributed by atoms with Crippen LogP contribution in [0.1, 0.15) is 17.5 Å². The van der Waals surface area contributed by atoms with Gasteiger partial charge >= 0.3 is 0 Å². The summed E-state index contributed by atoms with van der Waals surface area (Å²) in [6.07, 6.45) is 1.65. The minimum absolute atomic E-state index is 0.375. The van der Waals surface area contributed by atoms with Crippen LogP contribution in [-0.4, -0.2) is 37.2 Å². The molecule has 23 heavy (non-hydrogen) atoms. The Bertz CT molecular complexity index is 740. The second kappa shape index (κ2) is 5.98. The Hall–Kier alpha value is -2.44. The van der Waals surface area contributed by atoms with Gasteiger partial charge in [-0.1, -0.05) is 11.8 Å². The van der Waals surface area contributed by atoms with Crippen molar-refractivity contribution in [1.29, 1.82) is 0 Å². The summed E-state index contributed by atoms with van der Waals surface area (Å²) >= 11 is 0. The van der Waals surface area contributed by atoms with Crippen molar-refractivity contribution in [3.05, 3.63) is 59.7 Å². The van der Waals surface area contributed by atoms with Crippen LogP contribution in [0.2, 0.25) is 0 Å². The second-order valence-electron chi connectivity index (χ2n) is 6.01. The summed E-state index contributed by atoms with van der Waals surface area (Å²) in [7, 11) is 1.66. The topological polar surface area (TPSA) is 21.7 Å². The molecule has 2 aliphatic heterocycles. The van der Waals surface area contributed by atoms with E-state index in [2.05, 4.69) is 16.7 Å². The summed E-state index contributed by atoms with van der Waals surface area (Å²) in [5, 5.41) is 0. The molecule has 0 aliphatic carbocycles. The highest BCUT2D eigenvalue weighted by molar-refractivity contribution is 5.45. The van der Waals surface area contributed by atoms with Crippen molar-refractivity contribution in [2.24, 2.45) is 0 Å². The van der Waals surface area contributed by atoms with Crippen LogP contribution in [0.4, 0.5) is 0 Å². The molecule has 2 aromatic carbocycles. The van der Waals surface area contributed by atoms with Crippen LogP contribution in [0.3, 0.4) is 0 Å². The van der Waals surface area contributed by atoms with Gasteiger partial charge in [-0.15, -0.1) is 0 Å². The summed E-state index contributed by atoms with van der Waals surface area (Å²) in [5.41, 5.74) is 1.97. The largest absolute Gasteiger partial charge is 0.497 e. The van der Waals surface area contributed by atoms with Crippen LogP contribution in [0.25, 0.3) is 0 Å². The number of methoxy groups -OCH3 is 1. The predicted molar refractivity (Wildman–Crippen MR) is 89.8 cm³/mol. The molecule has 2 aromatic rings. The van der Waals surface area contributed by atoms with E-state index < -0.39 is 0 Å². The number of nitrogens with zero attached hydrogens (tertiary/aromatic N) is 1. The highest BCUT2D eigenvalue weighted by Gasteiger charge is 2.46. The van der Waals surface area contributed by atoms with E-state index in [1.54, 1.807) is 7.11 Å². The van der Waals surface area contributed by atoms with E-state index in [0.29, 0.717) is 12.1 Å². The highest BCUT2D eigenvalue weighted by Crippen LogP contribution is 2.33. The maximum Gasteiger partial charge on any atom is 0.127 e. The molecule has 2 unspecified atom stereocenters. The molecule has 0 spiro atoms. The summed E-state index contributed by atoms with van der Waals surface area (Å²) in [6, 6.07) is 16.5. The molecule has 0 aromatic heterocycles. The van der Waals surface area contributed by atoms with Gasteiger partial charge in [-0.05, 0) is 55.0 Å². The zero-order chi connectivity index (χ0) is 15.6. The van der Waals surface area contributed by atoms with Crippen molar-refractivity contribution in [2.45, 2.75) is 18.6 Å². The van der Waals surface area contributed by atoms with Gasteiger partial charge in [0.25, 0.3) is 0 Å². The fraction of sp³-hybridized carbons (Fsp3) is 0.300. The average molecular weight is 305 g/mol. The highest BCUT2D eigenvalue weighted by atomic mass is 16.5. The number of benzene rings is 2. The van der Waals surface area contributed by atoms with Gasteiger partial charge in [-0.25, -0.2) is 0 Å². The summed E-state index contributed by atoms with van der Waals surface area (Å²) in [5.74, 6) is 8.13. The van der Waals surface area contributed by atoms with Gasteiger partial charge in [0.05, 0.1) is 7.11 Å². The van der Waals surface area contributed by atoms with Crippen molar-refractivity contribution in [3.8, 4) is 23.3 Å². The number of ether oxygens (including phenoxy) is 2. The summed E-state index contributed by atoms with van der Waals surface area (Å²) in [6.45, 7) is 2.31.